The molecule has 0 saturated heterocycles. The Morgan fingerprint density at radius 1 is 1.09 bits per heavy atom. The zero-order valence-electron chi connectivity index (χ0n) is 4.47. The summed E-state index contributed by atoms with van der Waals surface area (Å²) in [5.74, 6) is -1.43. The minimum atomic E-state index is -1.43. The molecule has 3 nitrogen and oxygen atoms in total. The maximum Gasteiger partial charge on any atom is 0.368 e. The third-order valence-electron chi connectivity index (χ3n) is 0.101. The van der Waals surface area contributed by atoms with Gasteiger partial charge in [-0.2, -0.15) is 0 Å². The van der Waals surface area contributed by atoms with Crippen LogP contribution in [0.1, 0.15) is 0 Å². The number of aldehydes is 1. The second-order valence-electron chi connectivity index (χ2n) is 0.456. The number of carboxylic acid groups (broad SMARTS) is 1. The van der Waals surface area contributed by atoms with E-state index in [-0.39, 0.29) is 99.5 Å². The fourth-order valence-corrected chi connectivity index (χ4v) is 0. The van der Waals surface area contributed by atoms with E-state index in [9.17, 15) is 0 Å². The molecule has 0 aliphatic heterocycles. The van der Waals surface area contributed by atoms with E-state index in [0.717, 1.165) is 0 Å². The SMILES string of the molecule is Cl.Cl.Cl.Cl.O=CC(=O)O.[AlH3].[Zr]. The van der Waals surface area contributed by atoms with Crippen LogP contribution in [0.4, 0.5) is 0 Å². The van der Waals surface area contributed by atoms with Crippen LogP contribution in [0.15, 0.2) is 0 Å². The average Bonchev–Trinajstić information content (AvgIpc) is 1.38. The Morgan fingerprint density at radius 2 is 1.18 bits per heavy atom. The van der Waals surface area contributed by atoms with E-state index in [1.165, 1.54) is 0 Å². The Labute approximate surface area is 119 Å². The molecule has 0 aliphatic carbocycles. The zero-order valence-corrected chi connectivity index (χ0v) is 10.2. The summed E-state index contributed by atoms with van der Waals surface area (Å²) >= 11 is 0. The largest absolute Gasteiger partial charge is 0.476 e. The van der Waals surface area contributed by atoms with E-state index < -0.39 is 5.97 Å². The predicted molar refractivity (Wildman–Crippen MR) is 52.6 cm³/mol. The van der Waals surface area contributed by atoms with Crippen LogP contribution in [-0.4, -0.2) is 34.7 Å². The summed E-state index contributed by atoms with van der Waals surface area (Å²) in [5.41, 5.74) is 0. The van der Waals surface area contributed by atoms with Gasteiger partial charge in [-0.25, -0.2) is 4.79 Å². The third kappa shape index (κ3) is 80.1. The summed E-state index contributed by atoms with van der Waals surface area (Å²) in [6.07, 6.45) is -0.167. The molecule has 1 N–H and O–H groups in total. The van der Waals surface area contributed by atoms with E-state index in [4.69, 9.17) is 14.7 Å². The maximum absolute atomic E-state index is 9.00. The van der Waals surface area contributed by atoms with Crippen LogP contribution in [0.3, 0.4) is 0 Å². The van der Waals surface area contributed by atoms with Crippen LogP contribution in [-0.2, 0) is 35.8 Å². The monoisotopic (exact) mass is 338 g/mol. The molecule has 0 heterocycles. The average molecular weight is 341 g/mol. The van der Waals surface area contributed by atoms with Crippen LogP contribution in [0.5, 0.6) is 0 Å². The second kappa shape index (κ2) is 41.2. The zero-order chi connectivity index (χ0) is 4.28. The van der Waals surface area contributed by atoms with E-state index in [0.29, 0.717) is 0 Å². The van der Waals surface area contributed by atoms with Gasteiger partial charge in [0.1, 0.15) is 0 Å². The molecule has 11 heavy (non-hydrogen) atoms. The molecule has 0 aromatic carbocycles. The molecule has 0 atom stereocenters. The Hall–Kier alpha value is 1.72. The number of halogens is 4. The summed E-state index contributed by atoms with van der Waals surface area (Å²) < 4.78 is 0. The molecule has 0 radical (unpaired) electrons. The molecular formula is C2H9AlCl4O3Zr. The van der Waals surface area contributed by atoms with Crippen molar-refractivity contribution in [2.24, 2.45) is 0 Å². The molecule has 0 aliphatic rings. The molecule has 0 aromatic heterocycles. The van der Waals surface area contributed by atoms with Crippen LogP contribution in [0, 0.1) is 0 Å². The minimum absolute atomic E-state index is 0. The van der Waals surface area contributed by atoms with E-state index in [2.05, 4.69) is 0 Å². The number of carbonyl (C=O) groups excluding carboxylic acids is 1. The second-order valence-corrected chi connectivity index (χ2v) is 0.456. The van der Waals surface area contributed by atoms with Gasteiger partial charge in [-0.1, -0.05) is 0 Å². The minimum Gasteiger partial charge on any atom is -0.476 e. The molecule has 0 amide bonds. The van der Waals surface area contributed by atoms with Crippen molar-refractivity contribution in [3.8, 4) is 0 Å². The Morgan fingerprint density at radius 3 is 1.18 bits per heavy atom. The molecule has 0 fully saturated rings. The summed E-state index contributed by atoms with van der Waals surface area (Å²) in [7, 11) is 0. The number of aliphatic carboxylic acids is 1. The van der Waals surface area contributed by atoms with Gasteiger partial charge in [0.15, 0.2) is 17.4 Å². The van der Waals surface area contributed by atoms with Crippen molar-refractivity contribution >= 4 is 79.2 Å². The first-order valence-corrected chi connectivity index (χ1v) is 0.952. The smallest absolute Gasteiger partial charge is 0.368 e. The standard InChI is InChI=1S/C2H2O3.Al.4ClH.Zr.3H/c3-1-2(4)5;;;;;;;;;/h1H,(H,4,5);;4*1H;;;;. The topological polar surface area (TPSA) is 54.4 Å². The quantitative estimate of drug-likeness (QED) is 0.407. The normalized spacial score (nSPS) is 2.91. The number of carboxylic acids is 1. The predicted octanol–water partition coefficient (Wildman–Crippen LogP) is -0.229. The van der Waals surface area contributed by atoms with Gasteiger partial charge in [0.25, 0.3) is 0 Å². The van der Waals surface area contributed by atoms with Gasteiger partial charge in [0.05, 0.1) is 0 Å². The molecule has 0 aromatic rings. The van der Waals surface area contributed by atoms with Crippen molar-refractivity contribution in [3.63, 3.8) is 0 Å². The molecule has 70 valence electrons. The number of carbonyl (C=O) groups is 2. The van der Waals surface area contributed by atoms with Crippen LogP contribution < -0.4 is 0 Å². The van der Waals surface area contributed by atoms with Gasteiger partial charge in [0, 0.05) is 26.2 Å². The molecule has 9 heteroatoms. The van der Waals surface area contributed by atoms with Gasteiger partial charge in [-0.3, -0.25) is 4.79 Å². The fraction of sp³-hybridized carbons (Fsp3) is 0. The molecule has 0 unspecified atom stereocenters. The first-order chi connectivity index (χ1) is 2.27. The molecule has 0 saturated carbocycles. The first-order valence-electron chi connectivity index (χ1n) is 0.952. The van der Waals surface area contributed by atoms with Crippen LogP contribution in [0.25, 0.3) is 0 Å². The molecule has 0 bridgehead atoms. The number of hydrogen-bond acceptors (Lipinski definition) is 2. The number of hydrogen-bond donors (Lipinski definition) is 1. The van der Waals surface area contributed by atoms with Gasteiger partial charge in [0.2, 0.25) is 6.29 Å². The van der Waals surface area contributed by atoms with Crippen molar-refractivity contribution in [2.75, 3.05) is 0 Å². The Balaban J connectivity index is -0.00000000533. The van der Waals surface area contributed by atoms with Crippen LogP contribution >= 0.6 is 49.6 Å². The van der Waals surface area contributed by atoms with E-state index >= 15 is 0 Å². The van der Waals surface area contributed by atoms with Gasteiger partial charge >= 0.3 is 5.97 Å². The van der Waals surface area contributed by atoms with Gasteiger partial charge in [-0.15, -0.1) is 49.6 Å². The Bertz CT molecular complexity index is 74.4. The van der Waals surface area contributed by atoms with E-state index in [1.54, 1.807) is 0 Å². The Kier molecular flexibility index (Phi) is 200. The van der Waals surface area contributed by atoms with Crippen molar-refractivity contribution in [1.82, 2.24) is 0 Å². The summed E-state index contributed by atoms with van der Waals surface area (Å²) in [6.45, 7) is 0. The summed E-state index contributed by atoms with van der Waals surface area (Å²) in [6, 6.07) is 0. The third-order valence-corrected chi connectivity index (χ3v) is 0.101. The maximum atomic E-state index is 9.00. The fourth-order valence-electron chi connectivity index (χ4n) is 0. The molecule has 0 spiro atoms. The molecule has 0 rings (SSSR count). The van der Waals surface area contributed by atoms with Crippen molar-refractivity contribution < 1.29 is 40.9 Å². The van der Waals surface area contributed by atoms with Crippen molar-refractivity contribution in [2.45, 2.75) is 0 Å². The molecular weight excluding hydrogens is 332 g/mol. The van der Waals surface area contributed by atoms with E-state index in [1.807, 2.05) is 0 Å². The van der Waals surface area contributed by atoms with Crippen molar-refractivity contribution in [3.05, 3.63) is 0 Å². The first kappa shape index (κ1) is 53.4. The summed E-state index contributed by atoms with van der Waals surface area (Å²) in [4.78, 5) is 17.9. The van der Waals surface area contributed by atoms with Crippen LogP contribution in [0.2, 0.25) is 0 Å². The van der Waals surface area contributed by atoms with Gasteiger partial charge in [-0.05, 0) is 0 Å². The van der Waals surface area contributed by atoms with Crippen molar-refractivity contribution in [1.29, 1.82) is 0 Å². The van der Waals surface area contributed by atoms with Gasteiger partial charge < -0.3 is 5.11 Å². The summed E-state index contributed by atoms with van der Waals surface area (Å²) in [5, 5.41) is 7.35. The number of rotatable bonds is 1.